The van der Waals surface area contributed by atoms with Crippen molar-refractivity contribution in [3.05, 3.63) is 36.3 Å². The Morgan fingerprint density at radius 2 is 2.15 bits per heavy atom. The van der Waals surface area contributed by atoms with E-state index in [1.54, 1.807) is 35.5 Å². The number of aliphatic hydroxyl groups excluding tert-OH is 1. The van der Waals surface area contributed by atoms with Gasteiger partial charge >= 0.3 is 0 Å². The van der Waals surface area contributed by atoms with Crippen LogP contribution in [0.25, 0.3) is 11.3 Å². The van der Waals surface area contributed by atoms with E-state index in [1.807, 2.05) is 0 Å². The molecule has 6 heteroatoms. The summed E-state index contributed by atoms with van der Waals surface area (Å²) >= 11 is 0. The molecule has 104 valence electrons. The molecule has 0 bridgehead atoms. The minimum atomic E-state index is -0.189. The average Bonchev–Trinajstić information content (AvgIpc) is 3.21. The van der Waals surface area contributed by atoms with Crippen LogP contribution in [0.3, 0.4) is 0 Å². The molecule has 0 unspecified atom stereocenters. The lowest BCUT2D eigenvalue weighted by Crippen LogP contribution is -2.35. The second-order valence-electron chi connectivity index (χ2n) is 4.77. The number of carbonyl (C=O) groups is 1. The van der Waals surface area contributed by atoms with Crippen molar-refractivity contribution in [2.24, 2.45) is 0 Å². The normalized spacial score (nSPS) is 14.2. The van der Waals surface area contributed by atoms with Gasteiger partial charge in [0.1, 0.15) is 0 Å². The molecule has 1 aliphatic rings. The summed E-state index contributed by atoms with van der Waals surface area (Å²) in [5.41, 5.74) is 1.10. The van der Waals surface area contributed by atoms with E-state index >= 15 is 0 Å². The Morgan fingerprint density at radius 3 is 2.80 bits per heavy atom. The molecule has 1 aliphatic carbocycles. The van der Waals surface area contributed by atoms with E-state index in [0.717, 1.165) is 18.4 Å². The first-order valence-electron chi connectivity index (χ1n) is 6.58. The first-order valence-corrected chi connectivity index (χ1v) is 6.58. The summed E-state index contributed by atoms with van der Waals surface area (Å²) in [5.74, 6) is 0.348. The SMILES string of the molecule is O=C(c1cc(-c2ccncc2)on1)N(CCO)C1CC1. The molecule has 1 fully saturated rings. The molecule has 0 aromatic carbocycles. The molecule has 0 radical (unpaired) electrons. The molecule has 1 saturated carbocycles. The molecule has 2 aromatic rings. The maximum absolute atomic E-state index is 12.3. The van der Waals surface area contributed by atoms with E-state index < -0.39 is 0 Å². The fraction of sp³-hybridized carbons (Fsp3) is 0.357. The predicted octanol–water partition coefficient (Wildman–Crippen LogP) is 1.33. The Kier molecular flexibility index (Phi) is 3.47. The first-order chi connectivity index (χ1) is 9.79. The third kappa shape index (κ3) is 2.55. The largest absolute Gasteiger partial charge is 0.395 e. The lowest BCUT2D eigenvalue weighted by molar-refractivity contribution is 0.0697. The van der Waals surface area contributed by atoms with Gasteiger partial charge in [0.2, 0.25) is 0 Å². The topological polar surface area (TPSA) is 79.5 Å². The maximum atomic E-state index is 12.3. The number of carbonyl (C=O) groups excluding carboxylic acids is 1. The van der Waals surface area contributed by atoms with Gasteiger partial charge in [-0.25, -0.2) is 0 Å². The summed E-state index contributed by atoms with van der Waals surface area (Å²) in [6.45, 7) is 0.290. The van der Waals surface area contributed by atoms with Gasteiger partial charge in [-0.1, -0.05) is 5.16 Å². The van der Waals surface area contributed by atoms with Crippen molar-refractivity contribution >= 4 is 5.91 Å². The van der Waals surface area contributed by atoms with E-state index in [4.69, 9.17) is 9.63 Å². The van der Waals surface area contributed by atoms with Crippen molar-refractivity contribution in [3.63, 3.8) is 0 Å². The summed E-state index contributed by atoms with van der Waals surface area (Å²) in [6.07, 6.45) is 5.28. The quantitative estimate of drug-likeness (QED) is 0.889. The molecule has 6 nitrogen and oxygen atoms in total. The van der Waals surface area contributed by atoms with Gasteiger partial charge in [-0.2, -0.15) is 0 Å². The monoisotopic (exact) mass is 273 g/mol. The highest BCUT2D eigenvalue weighted by atomic mass is 16.5. The van der Waals surface area contributed by atoms with Gasteiger partial charge in [0.05, 0.1) is 6.61 Å². The Labute approximate surface area is 116 Å². The standard InChI is InChI=1S/C14H15N3O3/c18-8-7-17(11-1-2-11)14(19)12-9-13(20-16-12)10-3-5-15-6-4-10/h3-6,9,11,18H,1-2,7-8H2. The number of aromatic nitrogens is 2. The minimum absolute atomic E-state index is 0.0443. The highest BCUT2D eigenvalue weighted by Gasteiger charge is 2.33. The zero-order chi connectivity index (χ0) is 13.9. The van der Waals surface area contributed by atoms with Gasteiger partial charge in [-0.15, -0.1) is 0 Å². The molecule has 3 rings (SSSR count). The third-order valence-electron chi connectivity index (χ3n) is 3.28. The maximum Gasteiger partial charge on any atom is 0.276 e. The zero-order valence-electron chi connectivity index (χ0n) is 10.9. The van der Waals surface area contributed by atoms with E-state index in [2.05, 4.69) is 10.1 Å². The number of nitrogens with zero attached hydrogens (tertiary/aromatic N) is 3. The van der Waals surface area contributed by atoms with Gasteiger partial charge in [-0.3, -0.25) is 9.78 Å². The zero-order valence-corrected chi connectivity index (χ0v) is 10.9. The molecule has 2 aromatic heterocycles. The number of pyridine rings is 1. The smallest absolute Gasteiger partial charge is 0.276 e. The Morgan fingerprint density at radius 1 is 1.40 bits per heavy atom. The molecule has 0 aliphatic heterocycles. The van der Waals surface area contributed by atoms with Crippen molar-refractivity contribution in [2.75, 3.05) is 13.2 Å². The molecule has 2 heterocycles. The Hall–Kier alpha value is -2.21. The van der Waals surface area contributed by atoms with Crippen LogP contribution in [0, 0.1) is 0 Å². The highest BCUT2D eigenvalue weighted by molar-refractivity contribution is 5.93. The van der Waals surface area contributed by atoms with Crippen molar-refractivity contribution in [2.45, 2.75) is 18.9 Å². The highest BCUT2D eigenvalue weighted by Crippen LogP contribution is 2.28. The number of hydrogen-bond donors (Lipinski definition) is 1. The summed E-state index contributed by atoms with van der Waals surface area (Å²) < 4.78 is 5.21. The third-order valence-corrected chi connectivity index (χ3v) is 3.28. The number of rotatable bonds is 5. The van der Waals surface area contributed by atoms with Crippen LogP contribution in [-0.2, 0) is 0 Å². The van der Waals surface area contributed by atoms with Gasteiger partial charge in [0.15, 0.2) is 11.5 Å². The number of amides is 1. The summed E-state index contributed by atoms with van der Waals surface area (Å²) in [7, 11) is 0. The van der Waals surface area contributed by atoms with Crippen LogP contribution in [-0.4, -0.2) is 45.2 Å². The Bertz CT molecular complexity index is 593. The fourth-order valence-corrected chi connectivity index (χ4v) is 2.12. The van der Waals surface area contributed by atoms with Crippen LogP contribution in [0.1, 0.15) is 23.3 Å². The van der Waals surface area contributed by atoms with Crippen LogP contribution in [0.4, 0.5) is 0 Å². The predicted molar refractivity (Wildman–Crippen MR) is 70.9 cm³/mol. The fourth-order valence-electron chi connectivity index (χ4n) is 2.12. The summed E-state index contributed by atoms with van der Waals surface area (Å²) in [4.78, 5) is 17.9. The van der Waals surface area contributed by atoms with Crippen molar-refractivity contribution < 1.29 is 14.4 Å². The molecule has 1 N–H and O–H groups in total. The average molecular weight is 273 g/mol. The molecule has 0 spiro atoms. The van der Waals surface area contributed by atoms with Crippen LogP contribution in [0.2, 0.25) is 0 Å². The van der Waals surface area contributed by atoms with E-state index in [9.17, 15) is 4.79 Å². The van der Waals surface area contributed by atoms with Gasteiger partial charge in [0.25, 0.3) is 5.91 Å². The van der Waals surface area contributed by atoms with Crippen molar-refractivity contribution in [3.8, 4) is 11.3 Å². The van der Waals surface area contributed by atoms with Crippen molar-refractivity contribution in [1.29, 1.82) is 0 Å². The number of hydrogen-bond acceptors (Lipinski definition) is 5. The molecular formula is C14H15N3O3. The van der Waals surface area contributed by atoms with E-state index in [1.165, 1.54) is 0 Å². The molecule has 20 heavy (non-hydrogen) atoms. The van der Waals surface area contributed by atoms with Crippen LogP contribution in [0.15, 0.2) is 35.1 Å². The van der Waals surface area contributed by atoms with Crippen LogP contribution in [0.5, 0.6) is 0 Å². The number of aliphatic hydroxyl groups is 1. The second-order valence-corrected chi connectivity index (χ2v) is 4.77. The van der Waals surface area contributed by atoms with E-state index in [0.29, 0.717) is 12.3 Å². The van der Waals surface area contributed by atoms with Crippen molar-refractivity contribution in [1.82, 2.24) is 15.0 Å². The van der Waals surface area contributed by atoms with E-state index in [-0.39, 0.29) is 24.2 Å². The van der Waals surface area contributed by atoms with Crippen LogP contribution >= 0.6 is 0 Å². The van der Waals surface area contributed by atoms with Crippen LogP contribution < -0.4 is 0 Å². The minimum Gasteiger partial charge on any atom is -0.395 e. The van der Waals surface area contributed by atoms with Gasteiger partial charge in [-0.05, 0) is 25.0 Å². The Balaban J connectivity index is 1.80. The van der Waals surface area contributed by atoms with Gasteiger partial charge in [0, 0.05) is 36.6 Å². The molecular weight excluding hydrogens is 258 g/mol. The summed E-state index contributed by atoms with van der Waals surface area (Å²) in [6, 6.07) is 5.45. The molecule has 0 atom stereocenters. The lowest BCUT2D eigenvalue weighted by Gasteiger charge is -2.19. The molecule has 0 saturated heterocycles. The van der Waals surface area contributed by atoms with Gasteiger partial charge < -0.3 is 14.5 Å². The summed E-state index contributed by atoms with van der Waals surface area (Å²) in [5, 5.41) is 12.9. The first kappa shape index (κ1) is 12.8. The molecule has 1 amide bonds. The second kappa shape index (κ2) is 5.42. The lowest BCUT2D eigenvalue weighted by atomic mass is 10.2.